The molecule has 3 rings (SSSR count). The molecule has 3 heterocycles. The van der Waals surface area contributed by atoms with E-state index in [4.69, 9.17) is 15.4 Å². The molecule has 10 heteroatoms. The van der Waals surface area contributed by atoms with Gasteiger partial charge in [0.15, 0.2) is 5.82 Å². The number of ether oxygens (including phenoxy) is 1. The number of thiophene rings is 2. The van der Waals surface area contributed by atoms with Gasteiger partial charge in [-0.2, -0.15) is 0 Å². The highest BCUT2D eigenvalue weighted by molar-refractivity contribution is 8.13. The predicted molar refractivity (Wildman–Crippen MR) is 83.6 cm³/mol. The third-order valence-electron chi connectivity index (χ3n) is 2.81. The molecule has 0 saturated carbocycles. The third-order valence-corrected chi connectivity index (χ3v) is 6.06. The van der Waals surface area contributed by atoms with Crippen LogP contribution in [0.2, 0.25) is 0 Å². The molecule has 3 aromatic rings. The molecule has 0 unspecified atom stereocenters. The Bertz CT molecular complexity index is 852. The summed E-state index contributed by atoms with van der Waals surface area (Å²) in [6.45, 7) is 0.649. The summed E-state index contributed by atoms with van der Waals surface area (Å²) in [5.74, 6) is 0.486. The molecule has 0 aliphatic carbocycles. The van der Waals surface area contributed by atoms with Crippen LogP contribution in [0.5, 0.6) is 0 Å². The Morgan fingerprint density at radius 1 is 1.38 bits per heavy atom. The number of hydrogen-bond acceptors (Lipinski definition) is 7. The minimum atomic E-state index is -3.95. The molecule has 0 radical (unpaired) electrons. The average molecular weight is 364 g/mol. The monoisotopic (exact) mass is 363 g/mol. The van der Waals surface area contributed by atoms with Crippen LogP contribution in [0.25, 0.3) is 20.1 Å². The van der Waals surface area contributed by atoms with E-state index in [9.17, 15) is 8.42 Å². The molecule has 0 bridgehead atoms. The third kappa shape index (κ3) is 2.84. The molecule has 0 aromatic carbocycles. The fraction of sp³-hybridized carbons (Fsp3) is 0.273. The molecule has 112 valence electrons. The molecular weight excluding hydrogens is 354 g/mol. The Morgan fingerprint density at radius 3 is 2.86 bits per heavy atom. The van der Waals surface area contributed by atoms with E-state index in [1.165, 1.54) is 15.9 Å². The molecule has 0 N–H and O–H groups in total. The number of hydrogen-bond donors (Lipinski definition) is 0. The van der Waals surface area contributed by atoms with Crippen LogP contribution in [-0.4, -0.2) is 36.9 Å². The van der Waals surface area contributed by atoms with Crippen molar-refractivity contribution in [1.82, 2.24) is 14.8 Å². The van der Waals surface area contributed by atoms with Crippen LogP contribution in [0.1, 0.15) is 0 Å². The standard InChI is InChI=1S/C11H10ClN3O3S3/c1-18-4-3-15-10(13-14-11(15)21(12,16)17)9-6-8-7(20-9)2-5-19-8/h2,5-6H,3-4H2,1H3. The molecule has 21 heavy (non-hydrogen) atoms. The van der Waals surface area contributed by atoms with E-state index in [2.05, 4.69) is 10.2 Å². The minimum absolute atomic E-state index is 0.257. The smallest absolute Gasteiger partial charge is 0.296 e. The lowest BCUT2D eigenvalue weighted by molar-refractivity contribution is 0.185. The second-order valence-corrected chi connectivity index (χ2v) is 8.64. The molecule has 0 amide bonds. The Labute approximate surface area is 133 Å². The number of aromatic nitrogens is 3. The maximum absolute atomic E-state index is 11.6. The van der Waals surface area contributed by atoms with Crippen LogP contribution >= 0.6 is 33.4 Å². The number of rotatable bonds is 5. The van der Waals surface area contributed by atoms with Gasteiger partial charge in [-0.3, -0.25) is 4.57 Å². The van der Waals surface area contributed by atoms with Crippen molar-refractivity contribution in [1.29, 1.82) is 0 Å². The summed E-state index contributed by atoms with van der Waals surface area (Å²) in [6.07, 6.45) is 0. The molecule has 0 aliphatic heterocycles. The molecule has 6 nitrogen and oxygen atoms in total. The summed E-state index contributed by atoms with van der Waals surface area (Å²) >= 11 is 3.16. The van der Waals surface area contributed by atoms with Gasteiger partial charge in [0.1, 0.15) is 0 Å². The van der Waals surface area contributed by atoms with Gasteiger partial charge in [-0.25, -0.2) is 8.42 Å². The van der Waals surface area contributed by atoms with Crippen LogP contribution in [-0.2, 0) is 20.3 Å². The maximum atomic E-state index is 11.6. The highest BCUT2D eigenvalue weighted by atomic mass is 35.7. The second kappa shape index (κ2) is 5.65. The Morgan fingerprint density at radius 2 is 2.19 bits per heavy atom. The van der Waals surface area contributed by atoms with Crippen molar-refractivity contribution in [3.8, 4) is 10.7 Å². The van der Waals surface area contributed by atoms with Crippen LogP contribution in [0, 0.1) is 0 Å². The predicted octanol–water partition coefficient (Wildman–Crippen LogP) is 2.80. The van der Waals surface area contributed by atoms with Crippen molar-refractivity contribution in [2.45, 2.75) is 11.7 Å². The maximum Gasteiger partial charge on any atom is 0.296 e. The van der Waals surface area contributed by atoms with E-state index in [1.807, 2.05) is 17.5 Å². The molecule has 0 atom stereocenters. The summed E-state index contributed by atoms with van der Waals surface area (Å²) in [7, 11) is 3.00. The van der Waals surface area contributed by atoms with E-state index < -0.39 is 9.05 Å². The van der Waals surface area contributed by atoms with Crippen molar-refractivity contribution < 1.29 is 13.2 Å². The highest BCUT2D eigenvalue weighted by Crippen LogP contribution is 2.36. The van der Waals surface area contributed by atoms with Crippen molar-refractivity contribution in [3.05, 3.63) is 17.5 Å². The Kier molecular flexibility index (Phi) is 4.02. The number of halogens is 1. The van der Waals surface area contributed by atoms with Gasteiger partial charge in [0.25, 0.3) is 14.2 Å². The zero-order valence-electron chi connectivity index (χ0n) is 10.8. The molecule has 0 saturated heterocycles. The lowest BCUT2D eigenvalue weighted by Gasteiger charge is -2.06. The topological polar surface area (TPSA) is 74.1 Å². The van der Waals surface area contributed by atoms with E-state index in [-0.39, 0.29) is 5.16 Å². The van der Waals surface area contributed by atoms with E-state index >= 15 is 0 Å². The summed E-state index contributed by atoms with van der Waals surface area (Å²) in [6, 6.07) is 3.99. The van der Waals surface area contributed by atoms with Crippen LogP contribution < -0.4 is 0 Å². The second-order valence-electron chi connectivity index (χ2n) is 4.15. The van der Waals surface area contributed by atoms with Gasteiger partial charge < -0.3 is 4.74 Å². The summed E-state index contributed by atoms with van der Waals surface area (Å²) in [4.78, 5) is 0.854. The van der Waals surface area contributed by atoms with Crippen LogP contribution in [0.4, 0.5) is 0 Å². The van der Waals surface area contributed by atoms with E-state index in [1.54, 1.807) is 18.4 Å². The van der Waals surface area contributed by atoms with Gasteiger partial charge in [0.2, 0.25) is 0 Å². The van der Waals surface area contributed by atoms with Gasteiger partial charge in [0, 0.05) is 27.2 Å². The van der Waals surface area contributed by atoms with Crippen molar-refractivity contribution in [2.75, 3.05) is 13.7 Å². The molecule has 0 spiro atoms. The van der Waals surface area contributed by atoms with Crippen molar-refractivity contribution in [2.24, 2.45) is 0 Å². The lowest BCUT2D eigenvalue weighted by atomic mass is 10.4. The van der Waals surface area contributed by atoms with E-state index in [0.29, 0.717) is 19.0 Å². The summed E-state index contributed by atoms with van der Waals surface area (Å²) in [5.41, 5.74) is 0. The quantitative estimate of drug-likeness (QED) is 0.651. The Hall–Kier alpha value is -1.00. The van der Waals surface area contributed by atoms with E-state index in [0.717, 1.165) is 14.3 Å². The fourth-order valence-corrected chi connectivity index (χ4v) is 4.94. The lowest BCUT2D eigenvalue weighted by Crippen LogP contribution is -2.11. The van der Waals surface area contributed by atoms with Crippen molar-refractivity contribution in [3.63, 3.8) is 0 Å². The van der Waals surface area contributed by atoms with Gasteiger partial charge in [-0.1, -0.05) is 0 Å². The van der Waals surface area contributed by atoms with Crippen LogP contribution in [0.3, 0.4) is 0 Å². The number of nitrogens with zero attached hydrogens (tertiary/aromatic N) is 3. The molecule has 3 aromatic heterocycles. The summed E-state index contributed by atoms with van der Waals surface area (Å²) < 4.78 is 31.9. The SMILES string of the molecule is COCCn1c(-c2cc3sccc3s2)nnc1S(=O)(=O)Cl. The van der Waals surface area contributed by atoms with Crippen LogP contribution in [0.15, 0.2) is 22.7 Å². The van der Waals surface area contributed by atoms with Gasteiger partial charge in [-0.05, 0) is 17.5 Å². The van der Waals surface area contributed by atoms with Crippen molar-refractivity contribution >= 4 is 51.8 Å². The normalized spacial score (nSPS) is 12.3. The average Bonchev–Trinajstić information content (AvgIpc) is 3.07. The first-order valence-electron chi connectivity index (χ1n) is 5.85. The first-order chi connectivity index (χ1) is 10.0. The number of fused-ring (bicyclic) bond motifs is 1. The first-order valence-corrected chi connectivity index (χ1v) is 9.85. The molecular formula is C11H10ClN3O3S3. The molecule has 0 aliphatic rings. The zero-order valence-corrected chi connectivity index (χ0v) is 14.0. The van der Waals surface area contributed by atoms with Gasteiger partial charge in [0.05, 0.1) is 18.0 Å². The molecule has 0 fully saturated rings. The minimum Gasteiger partial charge on any atom is -0.383 e. The number of methoxy groups -OCH3 is 1. The zero-order chi connectivity index (χ0) is 15.0. The first kappa shape index (κ1) is 14.9. The highest BCUT2D eigenvalue weighted by Gasteiger charge is 2.24. The van der Waals surface area contributed by atoms with Gasteiger partial charge >= 0.3 is 0 Å². The Balaban J connectivity index is 2.13. The van der Waals surface area contributed by atoms with Gasteiger partial charge in [-0.15, -0.1) is 32.9 Å². The largest absolute Gasteiger partial charge is 0.383 e. The fourth-order valence-electron chi connectivity index (χ4n) is 1.91. The summed E-state index contributed by atoms with van der Waals surface area (Å²) in [5, 5.41) is 9.46.